The highest BCUT2D eigenvalue weighted by Crippen LogP contribution is 2.21. The van der Waals surface area contributed by atoms with Crippen molar-refractivity contribution in [1.29, 1.82) is 0 Å². The van der Waals surface area contributed by atoms with Gasteiger partial charge in [-0.2, -0.15) is 9.40 Å². The van der Waals surface area contributed by atoms with E-state index in [1.165, 1.54) is 11.4 Å². The quantitative estimate of drug-likeness (QED) is 0.558. The summed E-state index contributed by atoms with van der Waals surface area (Å²) in [6.45, 7) is 0.864. The molecule has 1 aromatic heterocycles. The topological polar surface area (TPSA) is 92.6 Å². The van der Waals surface area contributed by atoms with Crippen LogP contribution in [-0.4, -0.2) is 59.5 Å². The lowest BCUT2D eigenvalue weighted by Crippen LogP contribution is -2.50. The molecule has 10 heteroatoms. The zero-order chi connectivity index (χ0) is 21.5. The van der Waals surface area contributed by atoms with Gasteiger partial charge in [0.15, 0.2) is 5.69 Å². The van der Waals surface area contributed by atoms with Crippen LogP contribution in [0.25, 0.3) is 10.8 Å². The van der Waals surface area contributed by atoms with E-state index in [-0.39, 0.29) is 48.2 Å². The third-order valence-electron chi connectivity index (χ3n) is 5.14. The van der Waals surface area contributed by atoms with Crippen molar-refractivity contribution in [2.24, 2.45) is 7.05 Å². The number of hydrogen-bond acceptors (Lipinski definition) is 5. The minimum absolute atomic E-state index is 0.188. The Morgan fingerprint density at radius 2 is 1.57 bits per heavy atom. The van der Waals surface area contributed by atoms with Crippen LogP contribution in [0.3, 0.4) is 0 Å². The van der Waals surface area contributed by atoms with Crippen molar-refractivity contribution in [3.8, 4) is 0 Å². The van der Waals surface area contributed by atoms with Gasteiger partial charge in [0.25, 0.3) is 11.5 Å². The van der Waals surface area contributed by atoms with Crippen LogP contribution in [0.5, 0.6) is 0 Å². The molecule has 8 nitrogen and oxygen atoms in total. The van der Waals surface area contributed by atoms with Crippen LogP contribution in [0.15, 0.2) is 62.7 Å². The lowest BCUT2D eigenvalue weighted by Gasteiger charge is -2.34. The number of carbonyl (C=O) groups excluding carboxylic acids is 1. The number of sulfonamides is 1. The summed E-state index contributed by atoms with van der Waals surface area (Å²) in [4.78, 5) is 27.2. The van der Waals surface area contributed by atoms with Crippen LogP contribution in [0.2, 0.25) is 0 Å². The van der Waals surface area contributed by atoms with Crippen LogP contribution in [-0.2, 0) is 17.1 Å². The Morgan fingerprint density at radius 3 is 2.20 bits per heavy atom. The van der Waals surface area contributed by atoms with Gasteiger partial charge in [0.2, 0.25) is 10.0 Å². The van der Waals surface area contributed by atoms with Gasteiger partial charge >= 0.3 is 0 Å². The minimum atomic E-state index is -3.63. The van der Waals surface area contributed by atoms with Gasteiger partial charge in [-0.3, -0.25) is 9.59 Å². The smallest absolute Gasteiger partial charge is 0.275 e. The Kier molecular flexibility index (Phi) is 5.48. The molecule has 0 radical (unpaired) electrons. The van der Waals surface area contributed by atoms with Crippen LogP contribution >= 0.6 is 15.9 Å². The Hall–Kier alpha value is -2.56. The number of hydrogen-bond donors (Lipinski definition) is 0. The molecule has 156 valence electrons. The summed E-state index contributed by atoms with van der Waals surface area (Å²) in [6.07, 6.45) is 0. The standard InChI is InChI=1S/C20H19BrN4O4S/c1-23-19(26)17-5-3-2-4-16(17)18(22-23)20(27)24-10-12-25(13-11-24)30(28,29)15-8-6-14(21)7-9-15/h2-9H,10-13H2,1H3. The maximum Gasteiger partial charge on any atom is 0.275 e. The van der Waals surface area contributed by atoms with Gasteiger partial charge in [-0.25, -0.2) is 13.1 Å². The van der Waals surface area contributed by atoms with Crippen LogP contribution in [0, 0.1) is 0 Å². The number of rotatable bonds is 3. The molecule has 0 bridgehead atoms. The molecule has 1 saturated heterocycles. The summed E-state index contributed by atoms with van der Waals surface area (Å²) in [5.74, 6) is -0.317. The Labute approximate surface area is 181 Å². The minimum Gasteiger partial charge on any atom is -0.335 e. The SMILES string of the molecule is Cn1nc(C(=O)N2CCN(S(=O)(=O)c3ccc(Br)cc3)CC2)c2ccccc2c1=O. The molecule has 0 spiro atoms. The molecule has 4 rings (SSSR count). The number of aromatic nitrogens is 2. The molecule has 1 aliphatic heterocycles. The highest BCUT2D eigenvalue weighted by Gasteiger charge is 2.31. The van der Waals surface area contributed by atoms with Crippen molar-refractivity contribution in [1.82, 2.24) is 19.0 Å². The molecule has 2 aromatic carbocycles. The van der Waals surface area contributed by atoms with Crippen LogP contribution < -0.4 is 5.56 Å². The molecule has 1 fully saturated rings. The fraction of sp³-hybridized carbons (Fsp3) is 0.250. The molecule has 3 aromatic rings. The predicted octanol–water partition coefficient (Wildman–Crippen LogP) is 1.84. The van der Waals surface area contributed by atoms with E-state index in [1.54, 1.807) is 53.4 Å². The highest BCUT2D eigenvalue weighted by atomic mass is 79.9. The number of aryl methyl sites for hydroxylation is 1. The number of piperazine rings is 1. The first-order valence-electron chi connectivity index (χ1n) is 9.30. The highest BCUT2D eigenvalue weighted by molar-refractivity contribution is 9.10. The summed E-state index contributed by atoms with van der Waals surface area (Å²) in [5, 5.41) is 5.10. The van der Waals surface area contributed by atoms with E-state index in [2.05, 4.69) is 21.0 Å². The predicted molar refractivity (Wildman–Crippen MR) is 116 cm³/mol. The number of fused-ring (bicyclic) bond motifs is 1. The lowest BCUT2D eigenvalue weighted by molar-refractivity contribution is 0.0691. The summed E-state index contributed by atoms with van der Waals surface area (Å²) < 4.78 is 29.1. The number of carbonyl (C=O) groups is 1. The van der Waals surface area contributed by atoms with Gasteiger partial charge in [0, 0.05) is 43.1 Å². The fourth-order valence-electron chi connectivity index (χ4n) is 3.49. The Morgan fingerprint density at radius 1 is 0.967 bits per heavy atom. The monoisotopic (exact) mass is 490 g/mol. The molecular formula is C20H19BrN4O4S. The van der Waals surface area contributed by atoms with Gasteiger partial charge in [0.1, 0.15) is 0 Å². The number of halogens is 1. The third kappa shape index (κ3) is 3.66. The van der Waals surface area contributed by atoms with E-state index in [4.69, 9.17) is 0 Å². The third-order valence-corrected chi connectivity index (χ3v) is 7.58. The zero-order valence-corrected chi connectivity index (χ0v) is 18.6. The average molecular weight is 491 g/mol. The van der Waals surface area contributed by atoms with Crippen LogP contribution in [0.4, 0.5) is 0 Å². The van der Waals surface area contributed by atoms with Crippen molar-refractivity contribution in [3.63, 3.8) is 0 Å². The van der Waals surface area contributed by atoms with E-state index in [9.17, 15) is 18.0 Å². The summed E-state index contributed by atoms with van der Waals surface area (Å²) >= 11 is 3.30. The van der Waals surface area contributed by atoms with E-state index < -0.39 is 10.0 Å². The maximum atomic E-state index is 13.1. The van der Waals surface area contributed by atoms with Gasteiger partial charge in [-0.15, -0.1) is 0 Å². The van der Waals surface area contributed by atoms with Crippen molar-refractivity contribution in [2.75, 3.05) is 26.2 Å². The number of amides is 1. The van der Waals surface area contributed by atoms with Crippen molar-refractivity contribution in [3.05, 3.63) is 69.1 Å². The molecule has 1 aliphatic rings. The Bertz CT molecular complexity index is 1280. The van der Waals surface area contributed by atoms with E-state index in [0.29, 0.717) is 10.8 Å². The summed E-state index contributed by atoms with van der Waals surface area (Å²) in [5.41, 5.74) is -0.0792. The molecule has 0 unspecified atom stereocenters. The molecule has 0 aliphatic carbocycles. The first-order chi connectivity index (χ1) is 14.3. The van der Waals surface area contributed by atoms with Crippen molar-refractivity contribution in [2.45, 2.75) is 4.90 Å². The van der Waals surface area contributed by atoms with Gasteiger partial charge in [0.05, 0.1) is 10.3 Å². The normalized spacial score (nSPS) is 15.5. The summed E-state index contributed by atoms with van der Waals surface area (Å²) in [7, 11) is -2.12. The average Bonchev–Trinajstić information content (AvgIpc) is 2.76. The van der Waals surface area contributed by atoms with E-state index >= 15 is 0 Å². The maximum absolute atomic E-state index is 13.1. The van der Waals surface area contributed by atoms with E-state index in [0.717, 1.165) is 9.15 Å². The van der Waals surface area contributed by atoms with Gasteiger partial charge in [-0.1, -0.05) is 34.1 Å². The second kappa shape index (κ2) is 7.93. The number of nitrogens with zero attached hydrogens (tertiary/aromatic N) is 4. The second-order valence-electron chi connectivity index (χ2n) is 6.97. The largest absolute Gasteiger partial charge is 0.335 e. The molecule has 0 N–H and O–H groups in total. The Balaban J connectivity index is 1.56. The molecule has 1 amide bonds. The van der Waals surface area contributed by atoms with Gasteiger partial charge < -0.3 is 4.90 Å². The molecule has 2 heterocycles. The lowest BCUT2D eigenvalue weighted by atomic mass is 10.1. The molecule has 0 saturated carbocycles. The molecule has 30 heavy (non-hydrogen) atoms. The summed E-state index contributed by atoms with van der Waals surface area (Å²) in [6, 6.07) is 13.3. The second-order valence-corrected chi connectivity index (χ2v) is 9.83. The van der Waals surface area contributed by atoms with Crippen LogP contribution in [0.1, 0.15) is 10.5 Å². The zero-order valence-electron chi connectivity index (χ0n) is 16.2. The van der Waals surface area contributed by atoms with E-state index in [1.807, 2.05) is 0 Å². The number of benzene rings is 2. The van der Waals surface area contributed by atoms with Crippen molar-refractivity contribution >= 4 is 42.6 Å². The first-order valence-corrected chi connectivity index (χ1v) is 11.5. The van der Waals surface area contributed by atoms with Crippen molar-refractivity contribution < 1.29 is 13.2 Å². The first kappa shape index (κ1) is 20.7. The molecular weight excluding hydrogens is 472 g/mol. The molecule has 0 atom stereocenters. The van der Waals surface area contributed by atoms with Gasteiger partial charge in [-0.05, 0) is 30.3 Å². The fourth-order valence-corrected chi connectivity index (χ4v) is 5.18.